The summed E-state index contributed by atoms with van der Waals surface area (Å²) in [6.07, 6.45) is 2.47. The first kappa shape index (κ1) is 13.2. The summed E-state index contributed by atoms with van der Waals surface area (Å²) in [5, 5.41) is 9.45. The molecular formula is C10H14O5. The second-order valence-corrected chi connectivity index (χ2v) is 2.69. The van der Waals surface area contributed by atoms with Crippen molar-refractivity contribution in [2.45, 2.75) is 6.42 Å². The molecule has 1 N–H and O–H groups in total. The minimum atomic E-state index is -0.911. The molecule has 0 aliphatic carbocycles. The number of rotatable bonds is 5. The minimum Gasteiger partial charge on any atom is -0.511 e. The summed E-state index contributed by atoms with van der Waals surface area (Å²) < 4.78 is 8.77. The first-order valence-electron chi connectivity index (χ1n) is 4.24. The molecular weight excluding hydrogens is 200 g/mol. The van der Waals surface area contributed by atoms with E-state index in [1.807, 2.05) is 0 Å². The van der Waals surface area contributed by atoms with E-state index in [4.69, 9.17) is 0 Å². The molecule has 1 atom stereocenters. The van der Waals surface area contributed by atoms with Gasteiger partial charge >= 0.3 is 11.9 Å². The van der Waals surface area contributed by atoms with E-state index in [2.05, 4.69) is 16.1 Å². The summed E-state index contributed by atoms with van der Waals surface area (Å²) in [4.78, 5) is 22.0. The smallest absolute Gasteiger partial charge is 0.333 e. The number of hydrogen-bond acceptors (Lipinski definition) is 5. The maximum atomic E-state index is 11.2. The predicted molar refractivity (Wildman–Crippen MR) is 53.0 cm³/mol. The lowest BCUT2D eigenvalue weighted by Gasteiger charge is -2.11. The number of allylic oxidation sites excluding steroid dienone is 1. The first-order chi connectivity index (χ1) is 7.06. The topological polar surface area (TPSA) is 72.8 Å². The van der Waals surface area contributed by atoms with E-state index in [0.717, 1.165) is 6.08 Å². The van der Waals surface area contributed by atoms with Crippen LogP contribution >= 0.6 is 0 Å². The highest BCUT2D eigenvalue weighted by Gasteiger charge is 2.23. The SMILES string of the molecule is C=CCC(C(=O)OC)/C(O)=C/C(=O)OC. The Morgan fingerprint density at radius 3 is 2.40 bits per heavy atom. The van der Waals surface area contributed by atoms with Crippen LogP contribution in [0.3, 0.4) is 0 Å². The number of ether oxygens (including phenoxy) is 2. The van der Waals surface area contributed by atoms with E-state index < -0.39 is 23.6 Å². The number of carbonyl (C=O) groups is 2. The zero-order chi connectivity index (χ0) is 11.8. The molecule has 0 aliphatic rings. The van der Waals surface area contributed by atoms with Crippen molar-refractivity contribution in [2.75, 3.05) is 14.2 Å². The lowest BCUT2D eigenvalue weighted by Crippen LogP contribution is -2.18. The Hall–Kier alpha value is -1.78. The van der Waals surface area contributed by atoms with Crippen molar-refractivity contribution in [1.29, 1.82) is 0 Å². The molecule has 0 saturated carbocycles. The molecule has 0 spiro atoms. The average Bonchev–Trinajstić information content (AvgIpc) is 2.24. The van der Waals surface area contributed by atoms with E-state index >= 15 is 0 Å². The van der Waals surface area contributed by atoms with Crippen LogP contribution in [-0.4, -0.2) is 31.3 Å². The van der Waals surface area contributed by atoms with Gasteiger partial charge < -0.3 is 14.6 Å². The summed E-state index contributed by atoms with van der Waals surface area (Å²) in [5.74, 6) is -2.67. The largest absolute Gasteiger partial charge is 0.511 e. The maximum absolute atomic E-state index is 11.2. The van der Waals surface area contributed by atoms with Crippen molar-refractivity contribution in [2.24, 2.45) is 5.92 Å². The fraction of sp³-hybridized carbons (Fsp3) is 0.400. The molecule has 0 bridgehead atoms. The van der Waals surface area contributed by atoms with E-state index in [1.165, 1.54) is 20.3 Å². The Morgan fingerprint density at radius 2 is 2.00 bits per heavy atom. The molecule has 0 fully saturated rings. The van der Waals surface area contributed by atoms with Crippen molar-refractivity contribution < 1.29 is 24.2 Å². The van der Waals surface area contributed by atoms with Crippen molar-refractivity contribution >= 4 is 11.9 Å². The van der Waals surface area contributed by atoms with Gasteiger partial charge in [-0.15, -0.1) is 6.58 Å². The lowest BCUT2D eigenvalue weighted by molar-refractivity contribution is -0.144. The number of carbonyl (C=O) groups excluding carboxylic acids is 2. The first-order valence-corrected chi connectivity index (χ1v) is 4.24. The standard InChI is InChI=1S/C10H14O5/c1-4-5-7(10(13)15-3)8(11)6-9(12)14-2/h4,6-7,11H,1,5H2,2-3H3/b8-6-. The van der Waals surface area contributed by atoms with Crippen LogP contribution in [0.4, 0.5) is 0 Å². The molecule has 1 unspecified atom stereocenters. The van der Waals surface area contributed by atoms with Gasteiger partial charge in [0.2, 0.25) is 0 Å². The van der Waals surface area contributed by atoms with Gasteiger partial charge in [-0.2, -0.15) is 0 Å². The molecule has 0 aromatic carbocycles. The number of aliphatic hydroxyl groups is 1. The van der Waals surface area contributed by atoms with Crippen molar-refractivity contribution in [3.8, 4) is 0 Å². The third-order valence-corrected chi connectivity index (χ3v) is 1.71. The van der Waals surface area contributed by atoms with Crippen molar-refractivity contribution in [1.82, 2.24) is 0 Å². The molecule has 0 rings (SSSR count). The second kappa shape index (κ2) is 6.64. The van der Waals surface area contributed by atoms with Gasteiger partial charge in [-0.1, -0.05) is 6.08 Å². The van der Waals surface area contributed by atoms with Crippen LogP contribution in [0.2, 0.25) is 0 Å². The van der Waals surface area contributed by atoms with Crippen LogP contribution in [0.5, 0.6) is 0 Å². The molecule has 5 nitrogen and oxygen atoms in total. The van der Waals surface area contributed by atoms with Gasteiger partial charge in [-0.25, -0.2) is 4.79 Å². The van der Waals surface area contributed by atoms with Gasteiger partial charge in [0.1, 0.15) is 11.7 Å². The zero-order valence-electron chi connectivity index (χ0n) is 8.73. The molecule has 5 heteroatoms. The summed E-state index contributed by atoms with van der Waals surface area (Å²) in [7, 11) is 2.37. The highest BCUT2D eigenvalue weighted by atomic mass is 16.5. The Labute approximate surface area is 88.0 Å². The van der Waals surface area contributed by atoms with Crippen LogP contribution in [0.25, 0.3) is 0 Å². The summed E-state index contributed by atoms with van der Waals surface area (Å²) in [5.41, 5.74) is 0. The molecule has 0 heterocycles. The summed E-state index contributed by atoms with van der Waals surface area (Å²) >= 11 is 0. The van der Waals surface area contributed by atoms with Crippen LogP contribution in [0.1, 0.15) is 6.42 Å². The van der Waals surface area contributed by atoms with E-state index in [9.17, 15) is 14.7 Å². The molecule has 15 heavy (non-hydrogen) atoms. The van der Waals surface area contributed by atoms with Gasteiger partial charge in [-0.05, 0) is 6.42 Å². The number of hydrogen-bond donors (Lipinski definition) is 1. The fourth-order valence-electron chi connectivity index (χ4n) is 0.927. The van der Waals surface area contributed by atoms with Crippen molar-refractivity contribution in [3.63, 3.8) is 0 Å². The number of aliphatic hydroxyl groups excluding tert-OH is 1. The van der Waals surface area contributed by atoms with Crippen LogP contribution in [-0.2, 0) is 19.1 Å². The van der Waals surface area contributed by atoms with E-state index in [0.29, 0.717) is 0 Å². The fourth-order valence-corrected chi connectivity index (χ4v) is 0.927. The Balaban J connectivity index is 4.75. The Kier molecular flexibility index (Phi) is 5.85. The molecule has 0 aromatic heterocycles. The van der Waals surface area contributed by atoms with Crippen LogP contribution < -0.4 is 0 Å². The molecule has 0 radical (unpaired) electrons. The molecule has 0 amide bonds. The number of esters is 2. The highest BCUT2D eigenvalue weighted by molar-refractivity contribution is 5.84. The maximum Gasteiger partial charge on any atom is 0.333 e. The van der Waals surface area contributed by atoms with Gasteiger partial charge in [0.05, 0.1) is 20.3 Å². The van der Waals surface area contributed by atoms with Gasteiger partial charge in [-0.3, -0.25) is 4.79 Å². The third kappa shape index (κ3) is 4.30. The van der Waals surface area contributed by atoms with Crippen LogP contribution in [0, 0.1) is 5.92 Å². The second-order valence-electron chi connectivity index (χ2n) is 2.69. The summed E-state index contributed by atoms with van der Waals surface area (Å²) in [6.45, 7) is 3.44. The van der Waals surface area contributed by atoms with Crippen molar-refractivity contribution in [3.05, 3.63) is 24.5 Å². The minimum absolute atomic E-state index is 0.187. The Morgan fingerprint density at radius 1 is 1.40 bits per heavy atom. The summed E-state index contributed by atoms with van der Waals surface area (Å²) in [6, 6.07) is 0. The lowest BCUT2D eigenvalue weighted by atomic mass is 10.0. The third-order valence-electron chi connectivity index (χ3n) is 1.71. The quantitative estimate of drug-likeness (QED) is 0.319. The normalized spacial score (nSPS) is 12.8. The molecule has 0 saturated heterocycles. The molecule has 84 valence electrons. The highest BCUT2D eigenvalue weighted by Crippen LogP contribution is 2.15. The monoisotopic (exact) mass is 214 g/mol. The van der Waals surface area contributed by atoms with Gasteiger partial charge in [0.15, 0.2) is 0 Å². The molecule has 0 aliphatic heterocycles. The van der Waals surface area contributed by atoms with Crippen LogP contribution in [0.15, 0.2) is 24.5 Å². The zero-order valence-corrected chi connectivity index (χ0v) is 8.73. The van der Waals surface area contributed by atoms with Gasteiger partial charge in [0, 0.05) is 0 Å². The number of methoxy groups -OCH3 is 2. The molecule has 0 aromatic rings. The average molecular weight is 214 g/mol. The Bertz CT molecular complexity index is 280. The predicted octanol–water partition coefficient (Wildman–Crippen LogP) is 0.967. The van der Waals surface area contributed by atoms with E-state index in [-0.39, 0.29) is 6.42 Å². The van der Waals surface area contributed by atoms with Gasteiger partial charge in [0.25, 0.3) is 0 Å². The van der Waals surface area contributed by atoms with E-state index in [1.54, 1.807) is 0 Å².